The minimum Gasteiger partial charge on any atom is -0.380 e. The summed E-state index contributed by atoms with van der Waals surface area (Å²) in [6, 6.07) is 0.260. The second-order valence-corrected chi connectivity index (χ2v) is 4.12. The Morgan fingerprint density at radius 2 is 2.27 bits per heavy atom. The minimum atomic E-state index is -0.0839. The van der Waals surface area contributed by atoms with Gasteiger partial charge in [-0.3, -0.25) is 4.79 Å². The first kappa shape index (κ1) is 10.6. The lowest BCUT2D eigenvalue weighted by Crippen LogP contribution is -2.38. The van der Waals surface area contributed by atoms with Crippen LogP contribution in [0.3, 0.4) is 0 Å². The van der Waals surface area contributed by atoms with Crippen molar-refractivity contribution in [2.24, 2.45) is 11.0 Å². The summed E-state index contributed by atoms with van der Waals surface area (Å²) in [4.78, 5) is 12.0. The highest BCUT2D eigenvalue weighted by Gasteiger charge is 2.39. The minimum absolute atomic E-state index is 0.0839. The molecule has 1 amide bonds. The quantitative estimate of drug-likeness (QED) is 0.706. The summed E-state index contributed by atoms with van der Waals surface area (Å²) in [6.45, 7) is 5.42. The molecule has 0 N–H and O–H groups in total. The van der Waals surface area contributed by atoms with Crippen molar-refractivity contribution in [1.82, 2.24) is 5.01 Å². The first-order chi connectivity index (χ1) is 7.27. The molecule has 0 aromatic carbocycles. The molecule has 0 spiro atoms. The van der Waals surface area contributed by atoms with Gasteiger partial charge in [0.05, 0.1) is 25.0 Å². The van der Waals surface area contributed by atoms with Gasteiger partial charge in [0.1, 0.15) is 5.92 Å². The highest BCUT2D eigenvalue weighted by molar-refractivity contribution is 6.08. The van der Waals surface area contributed by atoms with Gasteiger partial charge in [-0.15, -0.1) is 0 Å². The molecule has 0 bridgehead atoms. The molecular weight excluding hydrogens is 192 g/mol. The summed E-state index contributed by atoms with van der Waals surface area (Å²) in [5.74, 6) is 0.0535. The fourth-order valence-corrected chi connectivity index (χ4v) is 2.23. The monoisotopic (exact) mass is 210 g/mol. The summed E-state index contributed by atoms with van der Waals surface area (Å²) in [6.07, 6.45) is 2.74. The van der Waals surface area contributed by atoms with Gasteiger partial charge in [-0.1, -0.05) is 13.8 Å². The molecular formula is C11H18N2O2. The second kappa shape index (κ2) is 4.31. The van der Waals surface area contributed by atoms with E-state index in [1.54, 1.807) is 5.01 Å². The Kier molecular flexibility index (Phi) is 3.05. The van der Waals surface area contributed by atoms with Crippen molar-refractivity contribution in [3.63, 3.8) is 0 Å². The molecule has 2 aliphatic heterocycles. The van der Waals surface area contributed by atoms with Gasteiger partial charge in [0.15, 0.2) is 0 Å². The van der Waals surface area contributed by atoms with Gasteiger partial charge in [0.2, 0.25) is 0 Å². The van der Waals surface area contributed by atoms with Gasteiger partial charge in [-0.05, 0) is 12.8 Å². The molecule has 0 radical (unpaired) electrons. The van der Waals surface area contributed by atoms with Crippen molar-refractivity contribution in [1.29, 1.82) is 0 Å². The average molecular weight is 210 g/mol. The molecule has 2 rings (SSSR count). The normalized spacial score (nSPS) is 25.8. The molecule has 1 unspecified atom stereocenters. The number of hydrogen-bond acceptors (Lipinski definition) is 3. The molecule has 0 aliphatic carbocycles. The highest BCUT2D eigenvalue weighted by atomic mass is 16.5. The van der Waals surface area contributed by atoms with Crippen LogP contribution in [0.4, 0.5) is 0 Å². The number of fused-ring (bicyclic) bond motifs is 1. The van der Waals surface area contributed by atoms with E-state index < -0.39 is 0 Å². The van der Waals surface area contributed by atoms with Crippen LogP contribution in [0.2, 0.25) is 0 Å². The molecule has 4 nitrogen and oxygen atoms in total. The molecule has 4 heteroatoms. The van der Waals surface area contributed by atoms with E-state index in [2.05, 4.69) is 18.9 Å². The molecule has 0 aromatic heterocycles. The number of hydrazone groups is 1. The third-order valence-corrected chi connectivity index (χ3v) is 3.24. The van der Waals surface area contributed by atoms with Crippen molar-refractivity contribution in [3.05, 3.63) is 0 Å². The molecule has 1 saturated heterocycles. The molecule has 1 atom stereocenters. The zero-order valence-corrected chi connectivity index (χ0v) is 9.40. The maximum atomic E-state index is 12.0. The molecule has 1 fully saturated rings. The second-order valence-electron chi connectivity index (χ2n) is 4.12. The van der Waals surface area contributed by atoms with Crippen LogP contribution in [0, 0.1) is 5.92 Å². The molecule has 15 heavy (non-hydrogen) atoms. The van der Waals surface area contributed by atoms with Gasteiger partial charge in [0, 0.05) is 6.42 Å². The Morgan fingerprint density at radius 3 is 2.87 bits per heavy atom. The first-order valence-electron chi connectivity index (χ1n) is 5.76. The van der Waals surface area contributed by atoms with Crippen molar-refractivity contribution in [3.8, 4) is 0 Å². The summed E-state index contributed by atoms with van der Waals surface area (Å²) in [5, 5.41) is 6.14. The summed E-state index contributed by atoms with van der Waals surface area (Å²) < 4.78 is 5.32. The predicted molar refractivity (Wildman–Crippen MR) is 57.6 cm³/mol. The van der Waals surface area contributed by atoms with E-state index in [0.717, 1.165) is 25.0 Å². The SMILES string of the molecule is CCC(CC)N1N=C2CCOCC2C1=O. The van der Waals surface area contributed by atoms with Crippen LogP contribution in [0.5, 0.6) is 0 Å². The van der Waals surface area contributed by atoms with Gasteiger partial charge >= 0.3 is 0 Å². The lowest BCUT2D eigenvalue weighted by atomic mass is 9.99. The van der Waals surface area contributed by atoms with Crippen LogP contribution >= 0.6 is 0 Å². The third-order valence-electron chi connectivity index (χ3n) is 3.24. The molecule has 2 aliphatic rings. The largest absolute Gasteiger partial charge is 0.380 e. The molecule has 0 aromatic rings. The van der Waals surface area contributed by atoms with Crippen molar-refractivity contribution < 1.29 is 9.53 Å². The van der Waals surface area contributed by atoms with Gasteiger partial charge < -0.3 is 4.74 Å². The Morgan fingerprint density at radius 1 is 1.53 bits per heavy atom. The summed E-state index contributed by atoms with van der Waals surface area (Å²) >= 11 is 0. The standard InChI is InChI=1S/C11H18N2O2/c1-3-8(4-2)13-11(14)9-7-15-6-5-10(9)12-13/h8-9H,3-7H2,1-2H3. The van der Waals surface area contributed by atoms with E-state index in [1.165, 1.54) is 0 Å². The topological polar surface area (TPSA) is 41.9 Å². The third kappa shape index (κ3) is 1.78. The molecule has 2 heterocycles. The van der Waals surface area contributed by atoms with Crippen molar-refractivity contribution in [2.75, 3.05) is 13.2 Å². The van der Waals surface area contributed by atoms with E-state index >= 15 is 0 Å². The maximum Gasteiger partial charge on any atom is 0.254 e. The van der Waals surface area contributed by atoms with Crippen LogP contribution < -0.4 is 0 Å². The van der Waals surface area contributed by atoms with Crippen molar-refractivity contribution >= 4 is 11.6 Å². The van der Waals surface area contributed by atoms with E-state index in [9.17, 15) is 4.79 Å². The van der Waals surface area contributed by atoms with E-state index in [1.807, 2.05) is 0 Å². The predicted octanol–water partition coefficient (Wildman–Crippen LogP) is 1.41. The zero-order chi connectivity index (χ0) is 10.8. The summed E-state index contributed by atoms with van der Waals surface area (Å²) in [7, 11) is 0. The fourth-order valence-electron chi connectivity index (χ4n) is 2.23. The van der Waals surface area contributed by atoms with Gasteiger partial charge in [0.25, 0.3) is 5.91 Å². The molecule has 0 saturated carbocycles. The number of nitrogens with zero attached hydrogens (tertiary/aromatic N) is 2. The Labute approximate surface area is 90.3 Å². The first-order valence-corrected chi connectivity index (χ1v) is 5.76. The average Bonchev–Trinajstić information content (AvgIpc) is 2.60. The lowest BCUT2D eigenvalue weighted by molar-refractivity contribution is -0.135. The van der Waals surface area contributed by atoms with Gasteiger partial charge in [-0.2, -0.15) is 5.10 Å². The smallest absolute Gasteiger partial charge is 0.254 e. The summed E-state index contributed by atoms with van der Waals surface area (Å²) in [5.41, 5.74) is 1.03. The van der Waals surface area contributed by atoms with Crippen LogP contribution in [-0.4, -0.2) is 35.9 Å². The fraction of sp³-hybridized carbons (Fsp3) is 0.818. The lowest BCUT2D eigenvalue weighted by Gasteiger charge is -2.23. The van der Waals surface area contributed by atoms with Crippen LogP contribution in [0.1, 0.15) is 33.1 Å². The van der Waals surface area contributed by atoms with Crippen LogP contribution in [-0.2, 0) is 9.53 Å². The van der Waals surface area contributed by atoms with Crippen LogP contribution in [0.25, 0.3) is 0 Å². The van der Waals surface area contributed by atoms with Crippen molar-refractivity contribution in [2.45, 2.75) is 39.2 Å². The molecule has 84 valence electrons. The van der Waals surface area contributed by atoms with E-state index in [0.29, 0.717) is 13.2 Å². The zero-order valence-electron chi connectivity index (χ0n) is 9.40. The number of rotatable bonds is 3. The number of ether oxygens (including phenoxy) is 1. The number of carbonyl (C=O) groups excluding carboxylic acids is 1. The Balaban J connectivity index is 2.15. The maximum absolute atomic E-state index is 12.0. The number of amides is 1. The Bertz CT molecular complexity index is 284. The Hall–Kier alpha value is -0.900. The van der Waals surface area contributed by atoms with Gasteiger partial charge in [-0.25, -0.2) is 5.01 Å². The van der Waals surface area contributed by atoms with Crippen LogP contribution in [0.15, 0.2) is 5.10 Å². The van der Waals surface area contributed by atoms with E-state index in [-0.39, 0.29) is 17.9 Å². The number of hydrogen-bond donors (Lipinski definition) is 0. The van der Waals surface area contributed by atoms with E-state index in [4.69, 9.17) is 4.74 Å². The number of carbonyl (C=O) groups is 1. The highest BCUT2D eigenvalue weighted by Crippen LogP contribution is 2.25.